The summed E-state index contributed by atoms with van der Waals surface area (Å²) in [6.45, 7) is 0. The van der Waals surface area contributed by atoms with Gasteiger partial charge in [0, 0.05) is 6.10 Å². The van der Waals surface area contributed by atoms with Gasteiger partial charge in [0.25, 0.3) is 0 Å². The number of para-hydroxylation sites is 1. The maximum Gasteiger partial charge on any atom is 0.710 e. The minimum Gasteiger partial charge on any atom is -0.512 e. The Morgan fingerprint density at radius 3 is 2.54 bits per heavy atom. The summed E-state index contributed by atoms with van der Waals surface area (Å²) in [5.74, 6) is 0.621. The van der Waals surface area contributed by atoms with Crippen LogP contribution in [0.5, 0.6) is 5.75 Å². The lowest BCUT2D eigenvalue weighted by molar-refractivity contribution is 0.183. The quantitative estimate of drug-likeness (QED) is 0.704. The average Bonchev–Trinajstić information content (AvgIpc) is 2.90. The number of hydrogen-bond donors (Lipinski definition) is 1. The molecule has 0 atom stereocenters. The van der Waals surface area contributed by atoms with Crippen LogP contribution < -0.4 is 4.65 Å². The molecule has 0 heterocycles. The standard InChI is InChI=1S/C9H11BO3/c11-10(13-9-6-7-9)12-8-4-2-1-3-5-8/h1-5,9,11H,6-7H2. The molecule has 0 amide bonds. The minimum absolute atomic E-state index is 0.193. The zero-order valence-electron chi connectivity index (χ0n) is 7.22. The summed E-state index contributed by atoms with van der Waals surface area (Å²) in [5, 5.41) is 9.27. The molecule has 3 nitrogen and oxygen atoms in total. The van der Waals surface area contributed by atoms with Crippen molar-refractivity contribution in [2.24, 2.45) is 0 Å². The van der Waals surface area contributed by atoms with Crippen LogP contribution in [0.1, 0.15) is 12.8 Å². The van der Waals surface area contributed by atoms with Crippen molar-refractivity contribution >= 4 is 7.32 Å². The van der Waals surface area contributed by atoms with E-state index in [-0.39, 0.29) is 6.10 Å². The van der Waals surface area contributed by atoms with Crippen LogP contribution in [0.3, 0.4) is 0 Å². The topological polar surface area (TPSA) is 38.7 Å². The normalized spacial score (nSPS) is 15.5. The average molecular weight is 178 g/mol. The molecule has 1 aromatic rings. The van der Waals surface area contributed by atoms with Gasteiger partial charge in [-0.2, -0.15) is 0 Å². The van der Waals surface area contributed by atoms with E-state index < -0.39 is 7.32 Å². The third-order valence-corrected chi connectivity index (χ3v) is 1.81. The van der Waals surface area contributed by atoms with Gasteiger partial charge >= 0.3 is 7.32 Å². The molecule has 1 N–H and O–H groups in total. The third-order valence-electron chi connectivity index (χ3n) is 1.81. The molecule has 2 rings (SSSR count). The number of hydrogen-bond acceptors (Lipinski definition) is 3. The molecule has 1 aliphatic carbocycles. The molecular formula is C9H11BO3. The smallest absolute Gasteiger partial charge is 0.512 e. The highest BCUT2D eigenvalue weighted by Gasteiger charge is 2.30. The molecule has 0 saturated heterocycles. The summed E-state index contributed by atoms with van der Waals surface area (Å²) in [6, 6.07) is 9.14. The molecule has 0 spiro atoms. The molecule has 68 valence electrons. The highest BCUT2D eigenvalue weighted by molar-refractivity contribution is 6.35. The van der Waals surface area contributed by atoms with Gasteiger partial charge in [-0.1, -0.05) is 18.2 Å². The fourth-order valence-corrected chi connectivity index (χ4v) is 1.01. The van der Waals surface area contributed by atoms with Crippen LogP contribution >= 0.6 is 0 Å². The second-order valence-electron chi connectivity index (χ2n) is 3.07. The van der Waals surface area contributed by atoms with Crippen LogP contribution in [0, 0.1) is 0 Å². The Morgan fingerprint density at radius 2 is 1.92 bits per heavy atom. The summed E-state index contributed by atoms with van der Waals surface area (Å²) in [7, 11) is -1.13. The van der Waals surface area contributed by atoms with Gasteiger partial charge in [0.05, 0.1) is 0 Å². The first-order valence-electron chi connectivity index (χ1n) is 4.40. The minimum atomic E-state index is -1.13. The van der Waals surface area contributed by atoms with Crippen LogP contribution in [0.25, 0.3) is 0 Å². The van der Waals surface area contributed by atoms with Crippen molar-refractivity contribution in [1.29, 1.82) is 0 Å². The second-order valence-corrected chi connectivity index (χ2v) is 3.07. The molecule has 0 aromatic heterocycles. The lowest BCUT2D eigenvalue weighted by Crippen LogP contribution is -2.27. The van der Waals surface area contributed by atoms with Crippen LogP contribution in [-0.4, -0.2) is 18.4 Å². The first-order valence-corrected chi connectivity index (χ1v) is 4.40. The van der Waals surface area contributed by atoms with Crippen molar-refractivity contribution < 1.29 is 14.3 Å². The van der Waals surface area contributed by atoms with Gasteiger partial charge in [-0.3, -0.25) is 0 Å². The fourth-order valence-electron chi connectivity index (χ4n) is 1.01. The Bertz CT molecular complexity index is 261. The fraction of sp³-hybridized carbons (Fsp3) is 0.333. The van der Waals surface area contributed by atoms with E-state index in [2.05, 4.69) is 0 Å². The van der Waals surface area contributed by atoms with E-state index in [4.69, 9.17) is 9.31 Å². The summed E-state index contributed by atoms with van der Waals surface area (Å²) in [4.78, 5) is 0. The Labute approximate surface area is 77.5 Å². The van der Waals surface area contributed by atoms with Gasteiger partial charge in [0.2, 0.25) is 0 Å². The van der Waals surface area contributed by atoms with Gasteiger partial charge < -0.3 is 14.3 Å². The van der Waals surface area contributed by atoms with Gasteiger partial charge in [0.1, 0.15) is 5.75 Å². The molecule has 0 unspecified atom stereocenters. The van der Waals surface area contributed by atoms with Crippen molar-refractivity contribution in [3.63, 3.8) is 0 Å². The highest BCUT2D eigenvalue weighted by atomic mass is 16.7. The highest BCUT2D eigenvalue weighted by Crippen LogP contribution is 2.24. The zero-order valence-corrected chi connectivity index (χ0v) is 7.22. The molecule has 1 aliphatic rings. The van der Waals surface area contributed by atoms with Gasteiger partial charge in [-0.25, -0.2) is 0 Å². The molecule has 1 fully saturated rings. The summed E-state index contributed by atoms with van der Waals surface area (Å²) in [5.41, 5.74) is 0. The maximum absolute atomic E-state index is 9.27. The molecule has 0 aliphatic heterocycles. The maximum atomic E-state index is 9.27. The Hall–Kier alpha value is -0.995. The van der Waals surface area contributed by atoms with Crippen molar-refractivity contribution in [3.8, 4) is 5.75 Å². The molecular weight excluding hydrogens is 167 g/mol. The molecule has 4 heteroatoms. The monoisotopic (exact) mass is 178 g/mol. The van der Waals surface area contributed by atoms with Crippen LogP contribution in [0.15, 0.2) is 30.3 Å². The van der Waals surface area contributed by atoms with E-state index in [9.17, 15) is 5.02 Å². The van der Waals surface area contributed by atoms with Crippen LogP contribution in [0.4, 0.5) is 0 Å². The SMILES string of the molecule is OB(Oc1ccccc1)OC1CC1. The van der Waals surface area contributed by atoms with Gasteiger partial charge in [-0.05, 0) is 25.0 Å². The molecule has 0 radical (unpaired) electrons. The number of rotatable bonds is 4. The Kier molecular flexibility index (Phi) is 2.52. The summed E-state index contributed by atoms with van der Waals surface area (Å²) in [6.07, 6.45) is 2.24. The Balaban J connectivity index is 1.82. The molecule has 13 heavy (non-hydrogen) atoms. The molecule has 1 aromatic carbocycles. The van der Waals surface area contributed by atoms with E-state index >= 15 is 0 Å². The molecule has 0 bridgehead atoms. The zero-order chi connectivity index (χ0) is 9.10. The van der Waals surface area contributed by atoms with E-state index in [0.29, 0.717) is 5.75 Å². The first kappa shape index (κ1) is 8.60. The number of benzene rings is 1. The van der Waals surface area contributed by atoms with Crippen LogP contribution in [-0.2, 0) is 4.65 Å². The lowest BCUT2D eigenvalue weighted by atomic mass is 10.2. The summed E-state index contributed by atoms with van der Waals surface area (Å²) >= 11 is 0. The third kappa shape index (κ3) is 2.75. The lowest BCUT2D eigenvalue weighted by Gasteiger charge is -2.08. The van der Waals surface area contributed by atoms with E-state index in [1.165, 1.54) is 0 Å². The summed E-state index contributed by atoms with van der Waals surface area (Å²) < 4.78 is 10.2. The van der Waals surface area contributed by atoms with Gasteiger partial charge in [-0.15, -0.1) is 0 Å². The predicted octanol–water partition coefficient (Wildman–Crippen LogP) is 1.22. The van der Waals surface area contributed by atoms with Gasteiger partial charge in [0.15, 0.2) is 0 Å². The predicted molar refractivity (Wildman–Crippen MR) is 49.1 cm³/mol. The first-order chi connectivity index (χ1) is 6.34. The van der Waals surface area contributed by atoms with E-state index in [1.807, 2.05) is 18.2 Å². The van der Waals surface area contributed by atoms with Crippen molar-refractivity contribution in [3.05, 3.63) is 30.3 Å². The van der Waals surface area contributed by atoms with Crippen molar-refractivity contribution in [1.82, 2.24) is 0 Å². The molecule has 1 saturated carbocycles. The van der Waals surface area contributed by atoms with E-state index in [0.717, 1.165) is 12.8 Å². The largest absolute Gasteiger partial charge is 0.710 e. The second kappa shape index (κ2) is 3.81. The van der Waals surface area contributed by atoms with Crippen molar-refractivity contribution in [2.75, 3.05) is 0 Å². The van der Waals surface area contributed by atoms with Crippen LogP contribution in [0.2, 0.25) is 0 Å². The Morgan fingerprint density at radius 1 is 1.23 bits per heavy atom. The van der Waals surface area contributed by atoms with E-state index in [1.54, 1.807) is 12.1 Å². The van der Waals surface area contributed by atoms with Crippen molar-refractivity contribution in [2.45, 2.75) is 18.9 Å².